The number of nitrogens with one attached hydrogen (secondary N) is 1. The van der Waals surface area contributed by atoms with Gasteiger partial charge >= 0.3 is 0 Å². The summed E-state index contributed by atoms with van der Waals surface area (Å²) in [4.78, 5) is 2.01. The molecule has 1 aliphatic heterocycles. The van der Waals surface area contributed by atoms with Gasteiger partial charge in [-0.3, -0.25) is 0 Å². The van der Waals surface area contributed by atoms with Gasteiger partial charge in [-0.1, -0.05) is 0 Å². The van der Waals surface area contributed by atoms with Gasteiger partial charge in [-0.15, -0.1) is 0 Å². The molecule has 3 rings (SSSR count). The molecular formula is C11H13FN2O2S. The largest absolute Gasteiger partial charge is 0.356 e. The van der Waals surface area contributed by atoms with Crippen molar-refractivity contribution in [2.75, 3.05) is 18.1 Å². The van der Waals surface area contributed by atoms with Crippen molar-refractivity contribution in [1.29, 1.82) is 0 Å². The number of rotatable bonds is 2. The Hall–Kier alpha value is -1.14. The van der Waals surface area contributed by atoms with Crippen molar-refractivity contribution in [3.8, 4) is 0 Å². The summed E-state index contributed by atoms with van der Waals surface area (Å²) < 4.78 is 39.1. The SMILES string of the molecule is O=S1(=O)NCN(CC2CC2)c2ccc(F)cc21. The third-order valence-electron chi connectivity index (χ3n) is 3.17. The highest BCUT2D eigenvalue weighted by Crippen LogP contribution is 2.35. The molecule has 92 valence electrons. The van der Waals surface area contributed by atoms with E-state index in [1.54, 1.807) is 6.07 Å². The third kappa shape index (κ3) is 2.02. The molecule has 1 fully saturated rings. The van der Waals surface area contributed by atoms with Crippen LogP contribution in [0.4, 0.5) is 10.1 Å². The van der Waals surface area contributed by atoms with Gasteiger partial charge in [0.1, 0.15) is 10.7 Å². The molecule has 0 bridgehead atoms. The topological polar surface area (TPSA) is 49.4 Å². The fourth-order valence-electron chi connectivity index (χ4n) is 2.07. The van der Waals surface area contributed by atoms with Crippen LogP contribution in [0, 0.1) is 11.7 Å². The number of hydrogen-bond donors (Lipinski definition) is 1. The molecule has 2 aliphatic rings. The Labute approximate surface area is 99.5 Å². The molecule has 0 unspecified atom stereocenters. The molecule has 1 aliphatic carbocycles. The average Bonchev–Trinajstić information content (AvgIpc) is 3.07. The zero-order valence-electron chi connectivity index (χ0n) is 9.19. The van der Waals surface area contributed by atoms with Gasteiger partial charge < -0.3 is 4.90 Å². The second kappa shape index (κ2) is 3.68. The van der Waals surface area contributed by atoms with Crippen LogP contribution in [0.2, 0.25) is 0 Å². The fraction of sp³-hybridized carbons (Fsp3) is 0.455. The quantitative estimate of drug-likeness (QED) is 0.867. The second-order valence-electron chi connectivity index (χ2n) is 4.58. The maximum absolute atomic E-state index is 13.1. The highest BCUT2D eigenvalue weighted by atomic mass is 32.2. The van der Waals surface area contributed by atoms with Crippen molar-refractivity contribution in [3.05, 3.63) is 24.0 Å². The molecule has 0 amide bonds. The number of nitrogens with zero attached hydrogens (tertiary/aromatic N) is 1. The molecular weight excluding hydrogens is 243 g/mol. The molecule has 0 radical (unpaired) electrons. The number of benzene rings is 1. The Kier molecular flexibility index (Phi) is 2.38. The fourth-order valence-corrected chi connectivity index (χ4v) is 3.29. The third-order valence-corrected chi connectivity index (χ3v) is 4.59. The second-order valence-corrected chi connectivity index (χ2v) is 6.32. The summed E-state index contributed by atoms with van der Waals surface area (Å²) in [5.41, 5.74) is 0.608. The summed E-state index contributed by atoms with van der Waals surface area (Å²) >= 11 is 0. The summed E-state index contributed by atoms with van der Waals surface area (Å²) in [6.07, 6.45) is 2.39. The van der Waals surface area contributed by atoms with Crippen LogP contribution in [0.3, 0.4) is 0 Å². The average molecular weight is 256 g/mol. The lowest BCUT2D eigenvalue weighted by Crippen LogP contribution is -2.44. The lowest BCUT2D eigenvalue weighted by molar-refractivity contribution is 0.562. The van der Waals surface area contributed by atoms with Crippen LogP contribution in [0.1, 0.15) is 12.8 Å². The van der Waals surface area contributed by atoms with Crippen LogP contribution in [-0.4, -0.2) is 21.6 Å². The van der Waals surface area contributed by atoms with E-state index in [2.05, 4.69) is 4.72 Å². The summed E-state index contributed by atoms with van der Waals surface area (Å²) in [5.74, 6) is 0.123. The molecule has 0 spiro atoms. The van der Waals surface area contributed by atoms with E-state index in [9.17, 15) is 12.8 Å². The number of hydrogen-bond acceptors (Lipinski definition) is 3. The first kappa shape index (κ1) is 11.0. The van der Waals surface area contributed by atoms with E-state index in [1.165, 1.54) is 18.9 Å². The maximum Gasteiger partial charge on any atom is 0.244 e. The minimum Gasteiger partial charge on any atom is -0.356 e. The first-order chi connectivity index (χ1) is 8.06. The predicted molar refractivity (Wildman–Crippen MR) is 61.7 cm³/mol. The minimum absolute atomic E-state index is 0.0457. The number of sulfonamides is 1. The molecule has 1 aromatic rings. The Morgan fingerprint density at radius 2 is 2.18 bits per heavy atom. The summed E-state index contributed by atoms with van der Waals surface area (Å²) in [7, 11) is -3.54. The van der Waals surface area contributed by atoms with Crippen molar-refractivity contribution in [1.82, 2.24) is 4.72 Å². The zero-order valence-corrected chi connectivity index (χ0v) is 10.0. The van der Waals surface area contributed by atoms with Gasteiger partial charge in [-0.25, -0.2) is 12.8 Å². The highest BCUT2D eigenvalue weighted by Gasteiger charge is 2.32. The summed E-state index contributed by atoms with van der Waals surface area (Å²) in [6.45, 7) is 1.11. The Morgan fingerprint density at radius 1 is 1.41 bits per heavy atom. The van der Waals surface area contributed by atoms with Crippen LogP contribution in [0.15, 0.2) is 23.1 Å². The molecule has 1 saturated carbocycles. The van der Waals surface area contributed by atoms with Gasteiger partial charge in [0.05, 0.1) is 12.4 Å². The lowest BCUT2D eigenvalue weighted by atomic mass is 10.2. The highest BCUT2D eigenvalue weighted by molar-refractivity contribution is 7.89. The number of anilines is 1. The zero-order chi connectivity index (χ0) is 12.0. The molecule has 1 heterocycles. The normalized spacial score (nSPS) is 22.3. The van der Waals surface area contributed by atoms with E-state index in [1.807, 2.05) is 4.90 Å². The van der Waals surface area contributed by atoms with E-state index < -0.39 is 15.8 Å². The van der Waals surface area contributed by atoms with Gasteiger partial charge in [0.25, 0.3) is 0 Å². The number of fused-ring (bicyclic) bond motifs is 1. The molecule has 1 N–H and O–H groups in total. The first-order valence-corrected chi connectivity index (χ1v) is 7.09. The van der Waals surface area contributed by atoms with Crippen molar-refractivity contribution >= 4 is 15.7 Å². The van der Waals surface area contributed by atoms with Gasteiger partial charge in [-0.05, 0) is 37.0 Å². The van der Waals surface area contributed by atoms with Crippen LogP contribution < -0.4 is 9.62 Å². The van der Waals surface area contributed by atoms with E-state index in [0.29, 0.717) is 11.6 Å². The summed E-state index contributed by atoms with van der Waals surface area (Å²) in [6, 6.07) is 3.93. The van der Waals surface area contributed by atoms with Crippen LogP contribution >= 0.6 is 0 Å². The summed E-state index contributed by atoms with van der Waals surface area (Å²) in [5, 5.41) is 0. The van der Waals surface area contributed by atoms with Crippen LogP contribution in [0.25, 0.3) is 0 Å². The van der Waals surface area contributed by atoms with Crippen molar-refractivity contribution in [3.63, 3.8) is 0 Å². The molecule has 6 heteroatoms. The van der Waals surface area contributed by atoms with Gasteiger partial charge in [-0.2, -0.15) is 4.72 Å². The Bertz CT molecular complexity index is 555. The van der Waals surface area contributed by atoms with E-state index in [0.717, 1.165) is 12.6 Å². The Morgan fingerprint density at radius 3 is 2.88 bits per heavy atom. The van der Waals surface area contributed by atoms with Crippen molar-refractivity contribution in [2.45, 2.75) is 17.7 Å². The van der Waals surface area contributed by atoms with Crippen LogP contribution in [0.5, 0.6) is 0 Å². The monoisotopic (exact) mass is 256 g/mol. The maximum atomic E-state index is 13.1. The predicted octanol–water partition coefficient (Wildman–Crippen LogP) is 1.29. The molecule has 0 aromatic heterocycles. The first-order valence-electron chi connectivity index (χ1n) is 5.60. The van der Waals surface area contributed by atoms with Crippen LogP contribution in [-0.2, 0) is 10.0 Å². The Balaban J connectivity index is 2.03. The smallest absolute Gasteiger partial charge is 0.244 e. The van der Waals surface area contributed by atoms with Gasteiger partial charge in [0.15, 0.2) is 0 Å². The van der Waals surface area contributed by atoms with E-state index in [-0.39, 0.29) is 11.6 Å². The molecule has 0 saturated heterocycles. The molecule has 4 nitrogen and oxygen atoms in total. The minimum atomic E-state index is -3.54. The molecule has 1 aromatic carbocycles. The van der Waals surface area contributed by atoms with Gasteiger partial charge in [0, 0.05) is 6.54 Å². The van der Waals surface area contributed by atoms with Crippen molar-refractivity contribution < 1.29 is 12.8 Å². The lowest BCUT2D eigenvalue weighted by Gasteiger charge is -2.31. The standard InChI is InChI=1S/C11H13FN2O2S/c12-9-3-4-10-11(5-9)17(15,16)13-7-14(10)6-8-1-2-8/h3-5,8,13H,1-2,6-7H2. The number of halogens is 1. The molecule has 17 heavy (non-hydrogen) atoms. The van der Waals surface area contributed by atoms with Gasteiger partial charge in [0.2, 0.25) is 10.0 Å². The van der Waals surface area contributed by atoms with E-state index in [4.69, 9.17) is 0 Å². The molecule has 0 atom stereocenters. The van der Waals surface area contributed by atoms with E-state index >= 15 is 0 Å². The van der Waals surface area contributed by atoms with Crippen molar-refractivity contribution in [2.24, 2.45) is 5.92 Å².